The average Bonchev–Trinajstić information content (AvgIpc) is 2.38. The van der Waals surface area contributed by atoms with Gasteiger partial charge in [0.25, 0.3) is 0 Å². The molecule has 6 heteroatoms. The summed E-state index contributed by atoms with van der Waals surface area (Å²) in [6.07, 6.45) is 0. The molecule has 0 aliphatic heterocycles. The molecule has 1 heterocycles. The van der Waals surface area contributed by atoms with Crippen LogP contribution in [-0.4, -0.2) is 14.3 Å². The highest BCUT2D eigenvalue weighted by Gasteiger charge is 2.29. The molecule has 1 N–H and O–H groups in total. The van der Waals surface area contributed by atoms with E-state index in [0.29, 0.717) is 10.9 Å². The van der Waals surface area contributed by atoms with Crippen molar-refractivity contribution in [3.63, 3.8) is 0 Å². The number of para-hydroxylation sites is 1. The number of aromatic nitrogens is 1. The Balaban J connectivity index is 2.36. The Labute approximate surface area is 132 Å². The van der Waals surface area contributed by atoms with Crippen molar-refractivity contribution in [3.05, 3.63) is 40.8 Å². The summed E-state index contributed by atoms with van der Waals surface area (Å²) in [7, 11) is 0. The topological polar surface area (TPSA) is 48.0 Å². The molecule has 0 spiro atoms. The first kappa shape index (κ1) is 16.5. The smallest absolute Gasteiger partial charge is 0.149 e. The van der Waals surface area contributed by atoms with E-state index >= 15 is 0 Å². The maximum Gasteiger partial charge on any atom is 0.149 e. The summed E-state index contributed by atoms with van der Waals surface area (Å²) in [5.74, 6) is -0.403. The number of benzene rings is 1. The van der Waals surface area contributed by atoms with E-state index < -0.39 is 17.2 Å². The van der Waals surface area contributed by atoms with Crippen molar-refractivity contribution in [1.82, 2.24) is 9.71 Å². The summed E-state index contributed by atoms with van der Waals surface area (Å²) in [6.45, 7) is 7.52. The van der Waals surface area contributed by atoms with Crippen molar-refractivity contribution in [2.24, 2.45) is 0 Å². The van der Waals surface area contributed by atoms with Crippen molar-refractivity contribution in [3.8, 4) is 0 Å². The molecule has 0 radical (unpaired) electrons. The standard InChI is InChI=1S/C15H18ClFN2OS/c1-9(19-21(20)15(2,3)4)11-8-10-6-5-7-12(17)13(10)18-14(11)16/h5-9,19H,1-4H3/t9-,21?/m0/s1. The van der Waals surface area contributed by atoms with Crippen LogP contribution < -0.4 is 4.72 Å². The Hall–Kier alpha value is -0.880. The van der Waals surface area contributed by atoms with Crippen molar-refractivity contribution in [1.29, 1.82) is 0 Å². The fourth-order valence-corrected chi connectivity index (χ4v) is 2.97. The summed E-state index contributed by atoms with van der Waals surface area (Å²) < 4.78 is 28.5. The molecule has 1 aromatic heterocycles. The predicted molar refractivity (Wildman–Crippen MR) is 86.2 cm³/mol. The highest BCUT2D eigenvalue weighted by atomic mass is 35.5. The summed E-state index contributed by atoms with van der Waals surface area (Å²) in [5.41, 5.74) is 0.947. The Bertz CT molecular complexity index is 660. The van der Waals surface area contributed by atoms with Crippen LogP contribution in [0.1, 0.15) is 39.3 Å². The number of hydrogen-bond donors (Lipinski definition) is 1. The van der Waals surface area contributed by atoms with Gasteiger partial charge in [-0.3, -0.25) is 0 Å². The zero-order valence-electron chi connectivity index (χ0n) is 12.4. The number of halogens is 2. The van der Waals surface area contributed by atoms with Crippen LogP contribution in [0, 0.1) is 5.82 Å². The van der Waals surface area contributed by atoms with Gasteiger partial charge >= 0.3 is 0 Å². The highest BCUT2D eigenvalue weighted by molar-refractivity contribution is 7.90. The van der Waals surface area contributed by atoms with Gasteiger partial charge in [-0.15, -0.1) is 4.72 Å². The number of hydrogen-bond acceptors (Lipinski definition) is 3. The molecule has 2 atom stereocenters. The number of nitrogens with zero attached hydrogens (tertiary/aromatic N) is 1. The molecule has 0 saturated carbocycles. The number of nitrogens with one attached hydrogen (secondary N) is 1. The van der Waals surface area contributed by atoms with Crippen LogP contribution in [0.2, 0.25) is 5.15 Å². The molecule has 114 valence electrons. The van der Waals surface area contributed by atoms with E-state index in [2.05, 4.69) is 9.71 Å². The lowest BCUT2D eigenvalue weighted by Crippen LogP contribution is -2.40. The van der Waals surface area contributed by atoms with Crippen molar-refractivity contribution in [2.75, 3.05) is 0 Å². The van der Waals surface area contributed by atoms with Gasteiger partial charge in [0.05, 0.1) is 6.04 Å². The summed E-state index contributed by atoms with van der Waals surface area (Å²) in [6, 6.07) is 6.28. The lowest BCUT2D eigenvalue weighted by molar-refractivity contribution is 0.531. The SMILES string of the molecule is C[C@H](N[S+]([O-])C(C)(C)C)c1cc2cccc(F)c2nc1Cl. The molecule has 0 aliphatic carbocycles. The van der Waals surface area contributed by atoms with Gasteiger partial charge in [0.2, 0.25) is 0 Å². The fraction of sp³-hybridized carbons (Fsp3) is 0.400. The van der Waals surface area contributed by atoms with Gasteiger partial charge in [0.15, 0.2) is 0 Å². The first-order valence-electron chi connectivity index (χ1n) is 6.63. The summed E-state index contributed by atoms with van der Waals surface area (Å²) >= 11 is 4.93. The zero-order valence-corrected chi connectivity index (χ0v) is 14.0. The second-order valence-electron chi connectivity index (χ2n) is 5.90. The van der Waals surface area contributed by atoms with Crippen molar-refractivity contribution in [2.45, 2.75) is 38.5 Å². The van der Waals surface area contributed by atoms with Gasteiger partial charge in [-0.1, -0.05) is 23.7 Å². The molecule has 3 nitrogen and oxygen atoms in total. The summed E-state index contributed by atoms with van der Waals surface area (Å²) in [4.78, 5) is 4.12. The zero-order chi connectivity index (χ0) is 15.8. The van der Waals surface area contributed by atoms with E-state index in [0.717, 1.165) is 0 Å². The Kier molecular flexibility index (Phi) is 4.78. The molecule has 0 amide bonds. The van der Waals surface area contributed by atoms with Crippen LogP contribution in [0.3, 0.4) is 0 Å². The Morgan fingerprint density at radius 1 is 1.38 bits per heavy atom. The molecular weight excluding hydrogens is 311 g/mol. The number of pyridine rings is 1. The molecule has 21 heavy (non-hydrogen) atoms. The molecular formula is C15H18ClFN2OS. The number of fused-ring (bicyclic) bond motifs is 1. The van der Waals surface area contributed by atoms with Crippen LogP contribution in [0.5, 0.6) is 0 Å². The molecule has 2 aromatic rings. The van der Waals surface area contributed by atoms with Gasteiger partial charge in [0, 0.05) is 22.3 Å². The lowest BCUT2D eigenvalue weighted by Gasteiger charge is -2.26. The predicted octanol–water partition coefficient (Wildman–Crippen LogP) is 4.14. The minimum Gasteiger partial charge on any atom is -0.598 e. The lowest BCUT2D eigenvalue weighted by atomic mass is 10.1. The second-order valence-corrected chi connectivity index (χ2v) is 8.26. The van der Waals surface area contributed by atoms with Crippen molar-refractivity contribution < 1.29 is 8.94 Å². The van der Waals surface area contributed by atoms with Crippen LogP contribution in [0.4, 0.5) is 4.39 Å². The van der Waals surface area contributed by atoms with Crippen LogP contribution >= 0.6 is 11.6 Å². The van der Waals surface area contributed by atoms with Gasteiger partial charge in [-0.25, -0.2) is 9.37 Å². The molecule has 1 unspecified atom stereocenters. The van der Waals surface area contributed by atoms with Crippen molar-refractivity contribution >= 4 is 33.9 Å². The second kappa shape index (κ2) is 6.08. The number of rotatable bonds is 3. The maximum atomic E-state index is 13.7. The Morgan fingerprint density at radius 2 is 2.05 bits per heavy atom. The summed E-state index contributed by atoms with van der Waals surface area (Å²) in [5, 5.41) is 0.892. The van der Waals surface area contributed by atoms with E-state index in [9.17, 15) is 8.94 Å². The van der Waals surface area contributed by atoms with E-state index in [-0.39, 0.29) is 21.5 Å². The normalized spacial score (nSPS) is 15.2. The molecule has 2 rings (SSSR count). The quantitative estimate of drug-likeness (QED) is 0.680. The van der Waals surface area contributed by atoms with E-state index in [1.807, 2.05) is 27.7 Å². The Morgan fingerprint density at radius 3 is 2.67 bits per heavy atom. The van der Waals surface area contributed by atoms with Crippen LogP contribution in [0.25, 0.3) is 10.9 Å². The third-order valence-electron chi connectivity index (χ3n) is 3.08. The molecule has 0 fully saturated rings. The minimum absolute atomic E-state index is 0.221. The largest absolute Gasteiger partial charge is 0.598 e. The third-order valence-corrected chi connectivity index (χ3v) is 5.07. The minimum atomic E-state index is -1.22. The third kappa shape index (κ3) is 3.66. The van der Waals surface area contributed by atoms with Crippen LogP contribution in [-0.2, 0) is 11.4 Å². The van der Waals surface area contributed by atoms with E-state index in [1.165, 1.54) is 6.07 Å². The first-order chi connectivity index (χ1) is 9.70. The van der Waals surface area contributed by atoms with Gasteiger partial charge in [-0.2, -0.15) is 0 Å². The van der Waals surface area contributed by atoms with Crippen LogP contribution in [0.15, 0.2) is 24.3 Å². The van der Waals surface area contributed by atoms with Gasteiger partial charge in [-0.05, 0) is 39.8 Å². The van der Waals surface area contributed by atoms with Gasteiger partial charge in [0.1, 0.15) is 21.2 Å². The van der Waals surface area contributed by atoms with Gasteiger partial charge < -0.3 is 4.55 Å². The monoisotopic (exact) mass is 328 g/mol. The first-order valence-corrected chi connectivity index (χ1v) is 8.15. The van der Waals surface area contributed by atoms with E-state index in [1.54, 1.807) is 18.2 Å². The average molecular weight is 329 g/mol. The molecule has 0 bridgehead atoms. The maximum absolute atomic E-state index is 13.7. The fourth-order valence-electron chi connectivity index (χ4n) is 1.86. The molecule has 0 aliphatic rings. The molecule has 1 aromatic carbocycles. The molecule has 0 saturated heterocycles. The van der Waals surface area contributed by atoms with E-state index in [4.69, 9.17) is 11.6 Å². The highest BCUT2D eigenvalue weighted by Crippen LogP contribution is 2.28.